The lowest BCUT2D eigenvalue weighted by atomic mass is 9.75. The van der Waals surface area contributed by atoms with Crippen molar-refractivity contribution in [1.29, 1.82) is 0 Å². The summed E-state index contributed by atoms with van der Waals surface area (Å²) in [5.41, 5.74) is -0.491. The van der Waals surface area contributed by atoms with Crippen molar-refractivity contribution < 1.29 is 26.7 Å². The van der Waals surface area contributed by atoms with Gasteiger partial charge in [-0.2, -0.15) is 0 Å². The Labute approximate surface area is 215 Å². The first kappa shape index (κ1) is 25.3. The first-order valence-corrected chi connectivity index (χ1v) is 14.1. The van der Waals surface area contributed by atoms with Crippen LogP contribution >= 0.6 is 23.4 Å². The molecule has 1 fully saturated rings. The summed E-state index contributed by atoms with van der Waals surface area (Å²) in [5.74, 6) is -2.26. The number of aromatic nitrogens is 1. The minimum Gasteiger partial charge on any atom is -0.490 e. The van der Waals surface area contributed by atoms with Gasteiger partial charge in [0, 0.05) is 40.5 Å². The highest BCUT2D eigenvalue weighted by atomic mass is 35.5. The molecular weight excluding hydrogens is 532 g/mol. The maximum absolute atomic E-state index is 15.4. The number of nitrogens with one attached hydrogen (secondary N) is 1. The molecule has 2 aliphatic rings. The largest absolute Gasteiger partial charge is 0.490 e. The molecular formula is C25H22ClF2NO5S2. The Balaban J connectivity index is 1.56. The number of rotatable bonds is 6. The zero-order chi connectivity index (χ0) is 25.5. The van der Waals surface area contributed by atoms with Crippen molar-refractivity contribution in [3.63, 3.8) is 0 Å². The van der Waals surface area contributed by atoms with Gasteiger partial charge in [0.2, 0.25) is 5.56 Å². The molecule has 2 aromatic carbocycles. The number of hydrogen-bond donors (Lipinski definition) is 1. The predicted molar refractivity (Wildman–Crippen MR) is 132 cm³/mol. The molecule has 0 bridgehead atoms. The lowest BCUT2D eigenvalue weighted by Crippen LogP contribution is -2.57. The molecule has 0 aliphatic carbocycles. The van der Waals surface area contributed by atoms with Crippen molar-refractivity contribution in [3.8, 4) is 5.75 Å². The van der Waals surface area contributed by atoms with Gasteiger partial charge in [-0.05, 0) is 55.3 Å². The van der Waals surface area contributed by atoms with E-state index < -0.39 is 38.2 Å². The Bertz CT molecular complexity index is 1430. The van der Waals surface area contributed by atoms with Gasteiger partial charge in [0.15, 0.2) is 21.4 Å². The van der Waals surface area contributed by atoms with Crippen molar-refractivity contribution in [2.75, 3.05) is 19.0 Å². The third-order valence-corrected chi connectivity index (χ3v) is 10.6. The molecule has 0 radical (unpaired) electrons. The van der Waals surface area contributed by atoms with Crippen LogP contribution in [0.5, 0.6) is 5.75 Å². The van der Waals surface area contributed by atoms with Crippen LogP contribution in [0.4, 0.5) is 8.78 Å². The zero-order valence-corrected chi connectivity index (χ0v) is 21.3. The van der Waals surface area contributed by atoms with Gasteiger partial charge >= 0.3 is 0 Å². The van der Waals surface area contributed by atoms with Gasteiger partial charge in [0.05, 0.1) is 23.2 Å². The number of fused-ring (bicyclic) bond motifs is 3. The fraction of sp³-hybridized carbons (Fsp3) is 0.320. The highest BCUT2D eigenvalue weighted by Gasteiger charge is 2.61. The molecule has 0 spiro atoms. The number of halogens is 3. The van der Waals surface area contributed by atoms with Gasteiger partial charge in [-0.1, -0.05) is 11.6 Å². The SMILES string of the molecule is O=c1ccc(SCC[C@@H]2OCC[C@@]3(S(=O)(=O)c4ccc(Cl)cc4)c4c(F)ccc(F)c4OCC23)c[nH]1. The number of H-pyrrole nitrogens is 1. The van der Waals surface area contributed by atoms with Crippen LogP contribution in [0.3, 0.4) is 0 Å². The van der Waals surface area contributed by atoms with E-state index in [0.29, 0.717) is 17.2 Å². The van der Waals surface area contributed by atoms with Crippen LogP contribution in [0.15, 0.2) is 69.3 Å². The van der Waals surface area contributed by atoms with E-state index in [1.807, 2.05) is 0 Å². The molecule has 190 valence electrons. The summed E-state index contributed by atoms with van der Waals surface area (Å²) in [5, 5.41) is 0.358. The average molecular weight is 554 g/mol. The van der Waals surface area contributed by atoms with E-state index in [9.17, 15) is 17.6 Å². The van der Waals surface area contributed by atoms with Gasteiger partial charge in [-0.3, -0.25) is 4.79 Å². The van der Waals surface area contributed by atoms with Crippen LogP contribution < -0.4 is 10.3 Å². The van der Waals surface area contributed by atoms with Crippen molar-refractivity contribution in [2.24, 2.45) is 5.92 Å². The van der Waals surface area contributed by atoms with E-state index in [0.717, 1.165) is 17.0 Å². The number of hydrogen-bond acceptors (Lipinski definition) is 6. The molecule has 3 aromatic rings. The van der Waals surface area contributed by atoms with E-state index in [-0.39, 0.29) is 41.4 Å². The number of pyridine rings is 1. The standard InChI is InChI=1S/C25H22ClF2NO5S2/c26-15-1-4-17(5-2-15)36(31,32)25-10-11-33-21(9-12-35-16-3-8-22(30)29-13-16)18(25)14-34-24-20(28)7-6-19(27)23(24)25/h1-8,13,18,21H,9-12,14H2,(H,29,30)/t18?,21-,25-/m0/s1. The van der Waals surface area contributed by atoms with E-state index in [2.05, 4.69) is 4.98 Å². The van der Waals surface area contributed by atoms with Crippen LogP contribution in [0.25, 0.3) is 0 Å². The molecule has 1 aromatic heterocycles. The van der Waals surface area contributed by atoms with E-state index in [1.165, 1.54) is 42.1 Å². The molecule has 36 heavy (non-hydrogen) atoms. The van der Waals surface area contributed by atoms with Crippen molar-refractivity contribution in [1.82, 2.24) is 4.98 Å². The van der Waals surface area contributed by atoms with E-state index in [4.69, 9.17) is 21.1 Å². The summed E-state index contributed by atoms with van der Waals surface area (Å²) in [6.07, 6.45) is 1.39. The summed E-state index contributed by atoms with van der Waals surface area (Å²) < 4.78 is 68.6. The number of benzene rings is 2. The van der Waals surface area contributed by atoms with Crippen molar-refractivity contribution in [2.45, 2.75) is 33.5 Å². The lowest BCUT2D eigenvalue weighted by molar-refractivity contribution is -0.0731. The molecule has 3 heterocycles. The normalized spacial score (nSPS) is 23.4. The summed E-state index contributed by atoms with van der Waals surface area (Å²) in [6.45, 7) is -0.0963. The average Bonchev–Trinajstić information content (AvgIpc) is 2.87. The Morgan fingerprint density at radius 1 is 1.08 bits per heavy atom. The third-order valence-electron chi connectivity index (χ3n) is 6.77. The molecule has 3 atom stereocenters. The third kappa shape index (κ3) is 4.23. The van der Waals surface area contributed by atoms with Gasteiger partial charge in [0.25, 0.3) is 0 Å². The second-order valence-electron chi connectivity index (χ2n) is 8.68. The van der Waals surface area contributed by atoms with Gasteiger partial charge in [-0.15, -0.1) is 11.8 Å². The second-order valence-corrected chi connectivity index (χ2v) is 12.5. The summed E-state index contributed by atoms with van der Waals surface area (Å²) >= 11 is 7.45. The Morgan fingerprint density at radius 3 is 2.56 bits per heavy atom. The Kier molecular flexibility index (Phi) is 6.88. The summed E-state index contributed by atoms with van der Waals surface area (Å²) in [6, 6.07) is 10.7. The van der Waals surface area contributed by atoms with Crippen LogP contribution in [-0.2, 0) is 19.3 Å². The van der Waals surface area contributed by atoms with Crippen LogP contribution in [0.1, 0.15) is 18.4 Å². The van der Waals surface area contributed by atoms with Gasteiger partial charge in [-0.25, -0.2) is 17.2 Å². The lowest BCUT2D eigenvalue weighted by Gasteiger charge is -2.50. The maximum atomic E-state index is 15.4. The highest BCUT2D eigenvalue weighted by Crippen LogP contribution is 2.56. The number of sulfone groups is 1. The fourth-order valence-electron chi connectivity index (χ4n) is 5.11. The van der Waals surface area contributed by atoms with E-state index in [1.54, 1.807) is 12.3 Å². The summed E-state index contributed by atoms with van der Waals surface area (Å²) in [4.78, 5) is 14.7. The highest BCUT2D eigenvalue weighted by molar-refractivity contribution is 7.99. The minimum absolute atomic E-state index is 0.0309. The Morgan fingerprint density at radius 2 is 1.83 bits per heavy atom. The monoisotopic (exact) mass is 553 g/mol. The van der Waals surface area contributed by atoms with Crippen LogP contribution in [-0.4, -0.2) is 38.5 Å². The molecule has 1 unspecified atom stereocenters. The Hall–Kier alpha value is -2.40. The molecule has 1 N–H and O–H groups in total. The van der Waals surface area contributed by atoms with Gasteiger partial charge < -0.3 is 14.5 Å². The maximum Gasteiger partial charge on any atom is 0.247 e. The molecule has 2 aliphatic heterocycles. The molecule has 0 saturated carbocycles. The second kappa shape index (κ2) is 9.81. The minimum atomic E-state index is -4.24. The van der Waals surface area contributed by atoms with Crippen LogP contribution in [0.2, 0.25) is 5.02 Å². The molecule has 1 saturated heterocycles. The number of aromatic amines is 1. The predicted octanol–water partition coefficient (Wildman–Crippen LogP) is 4.96. The van der Waals surface area contributed by atoms with Gasteiger partial charge in [0.1, 0.15) is 10.6 Å². The topological polar surface area (TPSA) is 85.5 Å². The van der Waals surface area contributed by atoms with E-state index >= 15 is 4.39 Å². The molecule has 11 heteroatoms. The number of ether oxygens (including phenoxy) is 2. The van der Waals surface area contributed by atoms with Crippen molar-refractivity contribution >= 4 is 33.2 Å². The zero-order valence-electron chi connectivity index (χ0n) is 18.9. The molecule has 0 amide bonds. The molecule has 6 nitrogen and oxygen atoms in total. The first-order valence-electron chi connectivity index (χ1n) is 11.3. The molecule has 5 rings (SSSR count). The smallest absolute Gasteiger partial charge is 0.247 e. The van der Waals surface area contributed by atoms with Crippen LogP contribution in [0, 0.1) is 17.6 Å². The first-order chi connectivity index (χ1) is 17.2. The number of thioether (sulfide) groups is 1. The summed E-state index contributed by atoms with van der Waals surface area (Å²) in [7, 11) is -4.24. The van der Waals surface area contributed by atoms with Crippen molar-refractivity contribution in [3.05, 3.63) is 87.3 Å². The quantitative estimate of drug-likeness (QED) is 0.435. The fourth-order valence-corrected chi connectivity index (χ4v) is 8.48.